The van der Waals surface area contributed by atoms with E-state index < -0.39 is 6.10 Å². The molecule has 2 N–H and O–H groups in total. The Morgan fingerprint density at radius 1 is 1.31 bits per heavy atom. The molecule has 2 aliphatic heterocycles. The Morgan fingerprint density at radius 3 is 2.73 bits per heavy atom. The Kier molecular flexibility index (Phi) is 6.18. The summed E-state index contributed by atoms with van der Waals surface area (Å²) in [7, 11) is 0. The minimum absolute atomic E-state index is 0.00807. The fourth-order valence-electron chi connectivity index (χ4n) is 3.24. The number of amides is 2. The van der Waals surface area contributed by atoms with Crippen molar-refractivity contribution in [3.05, 3.63) is 30.1 Å². The van der Waals surface area contributed by atoms with Crippen molar-refractivity contribution in [2.75, 3.05) is 51.2 Å². The molecule has 0 radical (unpaired) electrons. The van der Waals surface area contributed by atoms with Crippen molar-refractivity contribution in [1.29, 1.82) is 0 Å². The van der Waals surface area contributed by atoms with E-state index in [1.165, 1.54) is 12.1 Å². The molecule has 0 aliphatic carbocycles. The molecule has 2 atom stereocenters. The van der Waals surface area contributed by atoms with Crippen LogP contribution < -0.4 is 10.6 Å². The monoisotopic (exact) mass is 364 g/mol. The average Bonchev–Trinajstić information content (AvgIpc) is 2.67. The maximum atomic E-state index is 13.2. The normalized spacial score (nSPS) is 22.7. The number of carbonyl (C=O) groups is 2. The molecule has 0 bridgehead atoms. The van der Waals surface area contributed by atoms with Gasteiger partial charge in [-0.3, -0.25) is 14.5 Å². The van der Waals surface area contributed by atoms with Crippen LogP contribution in [-0.4, -0.2) is 79.6 Å². The summed E-state index contributed by atoms with van der Waals surface area (Å²) in [4.78, 5) is 28.7. The first-order valence-corrected chi connectivity index (χ1v) is 8.96. The van der Waals surface area contributed by atoms with Gasteiger partial charge in [-0.15, -0.1) is 0 Å². The second-order valence-corrected chi connectivity index (χ2v) is 6.60. The first-order chi connectivity index (χ1) is 12.5. The van der Waals surface area contributed by atoms with Gasteiger partial charge in [0.2, 0.25) is 5.91 Å². The maximum Gasteiger partial charge on any atom is 0.253 e. The largest absolute Gasteiger partial charge is 0.366 e. The van der Waals surface area contributed by atoms with E-state index in [4.69, 9.17) is 4.74 Å². The molecule has 0 aromatic heterocycles. The first-order valence-electron chi connectivity index (χ1n) is 8.96. The zero-order valence-electron chi connectivity index (χ0n) is 14.9. The molecule has 1 aromatic rings. The van der Waals surface area contributed by atoms with E-state index >= 15 is 0 Å². The Bertz CT molecular complexity index is 643. The van der Waals surface area contributed by atoms with Crippen molar-refractivity contribution >= 4 is 17.5 Å². The Balaban J connectivity index is 1.49. The molecule has 7 nitrogen and oxygen atoms in total. The molecule has 2 amide bonds. The number of piperazine rings is 1. The van der Waals surface area contributed by atoms with Crippen LogP contribution in [0.2, 0.25) is 0 Å². The van der Waals surface area contributed by atoms with Crippen LogP contribution in [-0.2, 0) is 14.3 Å². The fraction of sp³-hybridized carbons (Fsp3) is 0.556. The predicted octanol–water partition coefficient (Wildman–Crippen LogP) is 0.285. The zero-order chi connectivity index (χ0) is 18.5. The summed E-state index contributed by atoms with van der Waals surface area (Å²) in [6, 6.07) is 5.48. The molecule has 2 unspecified atom stereocenters. The van der Waals surface area contributed by atoms with Crippen molar-refractivity contribution in [1.82, 2.24) is 15.1 Å². The molecule has 8 heteroatoms. The van der Waals surface area contributed by atoms with Crippen LogP contribution in [0.25, 0.3) is 0 Å². The lowest BCUT2D eigenvalue weighted by atomic mass is 10.2. The van der Waals surface area contributed by atoms with Crippen LogP contribution >= 0.6 is 0 Å². The number of halogens is 1. The summed E-state index contributed by atoms with van der Waals surface area (Å²) in [6.45, 7) is 6.05. The molecule has 2 saturated heterocycles. The molecule has 2 aliphatic rings. The van der Waals surface area contributed by atoms with E-state index in [1.54, 1.807) is 17.0 Å². The van der Waals surface area contributed by atoms with E-state index in [0.717, 1.165) is 6.54 Å². The van der Waals surface area contributed by atoms with Crippen molar-refractivity contribution < 1.29 is 18.7 Å². The smallest absolute Gasteiger partial charge is 0.253 e. The zero-order valence-corrected chi connectivity index (χ0v) is 14.9. The standard InChI is InChI=1S/C18H25FN4O3/c1-13(17(24)21-15-4-2-3-14(19)11-15)22-6-8-23(9-7-22)18(25)16-12-20-5-10-26-16/h2-4,11,13,16,20H,5-10,12H2,1H3,(H,21,24). The number of ether oxygens (including phenoxy) is 1. The number of nitrogens with one attached hydrogen (secondary N) is 2. The fourth-order valence-corrected chi connectivity index (χ4v) is 3.24. The van der Waals surface area contributed by atoms with Gasteiger partial charge in [0, 0.05) is 45.0 Å². The molecule has 3 rings (SSSR count). The average molecular weight is 364 g/mol. The molecular formula is C18H25FN4O3. The molecule has 0 saturated carbocycles. The lowest BCUT2D eigenvalue weighted by molar-refractivity contribution is -0.147. The third-order valence-corrected chi connectivity index (χ3v) is 4.85. The number of morpholine rings is 1. The maximum absolute atomic E-state index is 13.2. The SMILES string of the molecule is CC(C(=O)Nc1cccc(F)c1)N1CCN(C(=O)C2CNCCO2)CC1. The van der Waals surface area contributed by atoms with Crippen LogP contribution in [0.4, 0.5) is 10.1 Å². The van der Waals surface area contributed by atoms with Gasteiger partial charge >= 0.3 is 0 Å². The van der Waals surface area contributed by atoms with Crippen molar-refractivity contribution in [2.45, 2.75) is 19.1 Å². The summed E-state index contributed by atoms with van der Waals surface area (Å²) < 4.78 is 18.8. The predicted molar refractivity (Wildman–Crippen MR) is 95.3 cm³/mol. The quantitative estimate of drug-likeness (QED) is 0.803. The van der Waals surface area contributed by atoms with Gasteiger partial charge in [-0.2, -0.15) is 0 Å². The summed E-state index contributed by atoms with van der Waals surface area (Å²) in [5.74, 6) is -0.564. The number of anilines is 1. The van der Waals surface area contributed by atoms with Gasteiger partial charge in [0.25, 0.3) is 5.91 Å². The highest BCUT2D eigenvalue weighted by molar-refractivity contribution is 5.94. The summed E-state index contributed by atoms with van der Waals surface area (Å²) in [6.07, 6.45) is -0.413. The minimum Gasteiger partial charge on any atom is -0.366 e. The van der Waals surface area contributed by atoms with Gasteiger partial charge in [0.1, 0.15) is 11.9 Å². The van der Waals surface area contributed by atoms with E-state index in [-0.39, 0.29) is 23.7 Å². The molecule has 1 aromatic carbocycles. The first kappa shape index (κ1) is 18.8. The topological polar surface area (TPSA) is 73.9 Å². The molecular weight excluding hydrogens is 339 g/mol. The highest BCUT2D eigenvalue weighted by Gasteiger charge is 2.31. The van der Waals surface area contributed by atoms with Crippen LogP contribution in [0.5, 0.6) is 0 Å². The van der Waals surface area contributed by atoms with Crippen LogP contribution in [0.3, 0.4) is 0 Å². The van der Waals surface area contributed by atoms with E-state index in [1.807, 2.05) is 11.8 Å². The molecule has 26 heavy (non-hydrogen) atoms. The summed E-state index contributed by atoms with van der Waals surface area (Å²) >= 11 is 0. The van der Waals surface area contributed by atoms with Gasteiger partial charge in [-0.1, -0.05) is 6.07 Å². The molecule has 2 fully saturated rings. The Labute approximate surface area is 152 Å². The third-order valence-electron chi connectivity index (χ3n) is 4.85. The van der Waals surface area contributed by atoms with Gasteiger partial charge in [0.05, 0.1) is 12.6 Å². The number of nitrogens with zero attached hydrogens (tertiary/aromatic N) is 2. The highest BCUT2D eigenvalue weighted by atomic mass is 19.1. The summed E-state index contributed by atoms with van der Waals surface area (Å²) in [5.41, 5.74) is 0.442. The lowest BCUT2D eigenvalue weighted by Gasteiger charge is -2.39. The summed E-state index contributed by atoms with van der Waals surface area (Å²) in [5, 5.41) is 5.90. The van der Waals surface area contributed by atoms with Gasteiger partial charge in [-0.25, -0.2) is 4.39 Å². The van der Waals surface area contributed by atoms with Crippen molar-refractivity contribution in [3.63, 3.8) is 0 Å². The number of rotatable bonds is 4. The second kappa shape index (κ2) is 8.57. The Hall–Kier alpha value is -2.03. The highest BCUT2D eigenvalue weighted by Crippen LogP contribution is 2.13. The van der Waals surface area contributed by atoms with E-state index in [2.05, 4.69) is 10.6 Å². The van der Waals surface area contributed by atoms with Crippen molar-refractivity contribution in [3.8, 4) is 0 Å². The number of hydrogen-bond donors (Lipinski definition) is 2. The van der Waals surface area contributed by atoms with Gasteiger partial charge < -0.3 is 20.3 Å². The molecule has 2 heterocycles. The van der Waals surface area contributed by atoms with Crippen LogP contribution in [0, 0.1) is 5.82 Å². The lowest BCUT2D eigenvalue weighted by Crippen LogP contribution is -2.57. The number of benzene rings is 1. The van der Waals surface area contributed by atoms with E-state index in [9.17, 15) is 14.0 Å². The van der Waals surface area contributed by atoms with Crippen LogP contribution in [0.15, 0.2) is 24.3 Å². The molecule has 0 spiro atoms. The van der Waals surface area contributed by atoms with E-state index in [0.29, 0.717) is 45.0 Å². The number of carbonyl (C=O) groups excluding carboxylic acids is 2. The van der Waals surface area contributed by atoms with Gasteiger partial charge in [0.15, 0.2) is 0 Å². The number of hydrogen-bond acceptors (Lipinski definition) is 5. The van der Waals surface area contributed by atoms with Gasteiger partial charge in [-0.05, 0) is 25.1 Å². The van der Waals surface area contributed by atoms with Crippen LogP contribution in [0.1, 0.15) is 6.92 Å². The Morgan fingerprint density at radius 2 is 2.08 bits per heavy atom. The minimum atomic E-state index is -0.413. The molecule has 142 valence electrons. The van der Waals surface area contributed by atoms with Crippen molar-refractivity contribution in [2.24, 2.45) is 0 Å². The third kappa shape index (κ3) is 4.57. The second-order valence-electron chi connectivity index (χ2n) is 6.60.